The quantitative estimate of drug-likeness (QED) is 0.624. The molecule has 2 N–H and O–H groups in total. The molecule has 0 unspecified atom stereocenters. The van der Waals surface area contributed by atoms with Crippen LogP contribution in [-0.4, -0.2) is 40.2 Å². The van der Waals surface area contributed by atoms with Crippen molar-refractivity contribution in [2.75, 3.05) is 17.2 Å². The Balaban J connectivity index is 1.75. The Labute approximate surface area is 155 Å². The highest BCUT2D eigenvalue weighted by Crippen LogP contribution is 2.34. The molecule has 0 saturated carbocycles. The zero-order chi connectivity index (χ0) is 19.6. The van der Waals surface area contributed by atoms with Crippen molar-refractivity contribution < 1.29 is 27.5 Å². The fourth-order valence-corrected chi connectivity index (χ4v) is 3.10. The molecule has 0 spiro atoms. The number of amides is 2. The summed E-state index contributed by atoms with van der Waals surface area (Å²) in [5, 5.41) is -0.175. The predicted molar refractivity (Wildman–Crippen MR) is 90.2 cm³/mol. The molecule has 11 heteroatoms. The van der Waals surface area contributed by atoms with Crippen molar-refractivity contribution in [1.82, 2.24) is 9.97 Å². The number of halogens is 3. The molecular weight excluding hydrogens is 385 g/mol. The number of hydrogen-bond donors (Lipinski definition) is 1. The number of anilines is 1. The molecule has 2 aromatic rings. The lowest BCUT2D eigenvalue weighted by atomic mass is 10.2. The molecule has 142 valence electrons. The van der Waals surface area contributed by atoms with E-state index < -0.39 is 29.8 Å². The number of rotatable bonds is 4. The first-order valence-corrected chi connectivity index (χ1v) is 8.62. The van der Waals surface area contributed by atoms with Crippen molar-refractivity contribution in [2.24, 2.45) is 5.73 Å². The highest BCUT2D eigenvalue weighted by molar-refractivity contribution is 7.99. The van der Waals surface area contributed by atoms with Crippen molar-refractivity contribution in [3.05, 3.63) is 42.2 Å². The molecule has 1 aliphatic heterocycles. The van der Waals surface area contributed by atoms with Gasteiger partial charge in [0.05, 0.1) is 18.0 Å². The summed E-state index contributed by atoms with van der Waals surface area (Å²) in [6.45, 7) is -0.0881. The second-order valence-electron chi connectivity index (χ2n) is 5.49. The largest absolute Gasteiger partial charge is 0.477 e. The van der Waals surface area contributed by atoms with Gasteiger partial charge in [0.2, 0.25) is 5.91 Å². The monoisotopic (exact) mass is 398 g/mol. The number of nitrogens with two attached hydrogens (primary N) is 1. The fraction of sp³-hybridized carbons (Fsp3) is 0.250. The lowest BCUT2D eigenvalue weighted by Crippen LogP contribution is -2.49. The zero-order valence-electron chi connectivity index (χ0n) is 13.6. The van der Waals surface area contributed by atoms with Crippen LogP contribution in [0.4, 0.5) is 18.9 Å². The van der Waals surface area contributed by atoms with Gasteiger partial charge >= 0.3 is 6.18 Å². The molecule has 2 amide bonds. The maximum absolute atomic E-state index is 12.7. The van der Waals surface area contributed by atoms with E-state index in [-0.39, 0.29) is 17.5 Å². The van der Waals surface area contributed by atoms with Gasteiger partial charge in [0.1, 0.15) is 11.4 Å². The van der Waals surface area contributed by atoms with Gasteiger partial charge in [-0.05, 0) is 18.2 Å². The first kappa shape index (κ1) is 19.0. The van der Waals surface area contributed by atoms with Crippen LogP contribution in [0.2, 0.25) is 0 Å². The van der Waals surface area contributed by atoms with Gasteiger partial charge in [-0.3, -0.25) is 9.59 Å². The van der Waals surface area contributed by atoms with E-state index in [9.17, 15) is 22.8 Å². The molecule has 1 atom stereocenters. The van der Waals surface area contributed by atoms with Gasteiger partial charge in [-0.2, -0.15) is 13.2 Å². The number of thioether (sulfide) groups is 1. The molecular formula is C16H13F3N4O3S. The molecule has 3 rings (SSSR count). The van der Waals surface area contributed by atoms with Crippen molar-refractivity contribution in [3.63, 3.8) is 0 Å². The lowest BCUT2D eigenvalue weighted by molar-refractivity contribution is -0.141. The van der Waals surface area contributed by atoms with E-state index >= 15 is 0 Å². The molecule has 0 radical (unpaired) electrons. The van der Waals surface area contributed by atoms with Gasteiger partial charge in [0, 0.05) is 6.20 Å². The number of aromatic nitrogens is 2. The van der Waals surface area contributed by atoms with Crippen LogP contribution in [0, 0.1) is 0 Å². The normalized spacial score (nSPS) is 16.4. The standard InChI is InChI=1S/C16H13F3N4O3S/c17-16(18,19)12-5-6-21-15(22-12)27-8-13(24)23-7-11(14(20)25)26-10-4-2-1-3-9(10)23/h1-6,11H,7-8H2,(H2,20,25)/t11-/m1/s1. The van der Waals surface area contributed by atoms with E-state index in [0.717, 1.165) is 24.0 Å². The van der Waals surface area contributed by atoms with E-state index in [1.165, 1.54) is 4.90 Å². The van der Waals surface area contributed by atoms with Gasteiger partial charge in [-0.1, -0.05) is 23.9 Å². The van der Waals surface area contributed by atoms with E-state index in [4.69, 9.17) is 10.5 Å². The Bertz CT molecular complexity index is 878. The fourth-order valence-electron chi connectivity index (χ4n) is 2.39. The summed E-state index contributed by atoms with van der Waals surface area (Å²) < 4.78 is 43.6. The lowest BCUT2D eigenvalue weighted by Gasteiger charge is -2.33. The SMILES string of the molecule is NC(=O)[C@H]1CN(C(=O)CSc2nccc(C(F)(F)F)n2)c2ccccc2O1. The van der Waals surface area contributed by atoms with Crippen LogP contribution < -0.4 is 15.4 Å². The highest BCUT2D eigenvalue weighted by Gasteiger charge is 2.34. The van der Waals surface area contributed by atoms with Gasteiger partial charge in [-0.25, -0.2) is 9.97 Å². The topological polar surface area (TPSA) is 98.4 Å². The highest BCUT2D eigenvalue weighted by atomic mass is 32.2. The number of carbonyl (C=O) groups excluding carboxylic acids is 2. The van der Waals surface area contributed by atoms with Crippen LogP contribution in [-0.2, 0) is 15.8 Å². The summed E-state index contributed by atoms with van der Waals surface area (Å²) in [6.07, 6.45) is -4.63. The van der Waals surface area contributed by atoms with Crippen molar-refractivity contribution in [1.29, 1.82) is 0 Å². The van der Waals surface area contributed by atoms with E-state index in [1.54, 1.807) is 24.3 Å². The summed E-state index contributed by atoms with van der Waals surface area (Å²) in [6, 6.07) is 7.34. The van der Waals surface area contributed by atoms with E-state index in [0.29, 0.717) is 11.4 Å². The average molecular weight is 398 g/mol. The molecule has 0 bridgehead atoms. The van der Waals surface area contributed by atoms with Gasteiger partial charge in [0.15, 0.2) is 11.3 Å². The smallest absolute Gasteiger partial charge is 0.433 e. The Morgan fingerprint density at radius 1 is 1.30 bits per heavy atom. The number of nitrogens with zero attached hydrogens (tertiary/aromatic N) is 3. The maximum Gasteiger partial charge on any atom is 0.433 e. The van der Waals surface area contributed by atoms with Crippen molar-refractivity contribution >= 4 is 29.3 Å². The number of primary amides is 1. The number of fused-ring (bicyclic) bond motifs is 1. The summed E-state index contributed by atoms with van der Waals surface area (Å²) in [5.74, 6) is -1.07. The van der Waals surface area contributed by atoms with E-state index in [2.05, 4.69) is 9.97 Å². The Morgan fingerprint density at radius 2 is 2.04 bits per heavy atom. The van der Waals surface area contributed by atoms with Gasteiger partial charge in [-0.15, -0.1) is 0 Å². The first-order valence-electron chi connectivity index (χ1n) is 7.64. The van der Waals surface area contributed by atoms with Crippen LogP contribution in [0.5, 0.6) is 5.75 Å². The second-order valence-corrected chi connectivity index (χ2v) is 6.43. The molecule has 1 aliphatic rings. The number of para-hydroxylation sites is 2. The molecule has 27 heavy (non-hydrogen) atoms. The van der Waals surface area contributed by atoms with Crippen molar-refractivity contribution in [2.45, 2.75) is 17.4 Å². The van der Waals surface area contributed by atoms with Crippen LogP contribution in [0.3, 0.4) is 0 Å². The third-order valence-corrected chi connectivity index (χ3v) is 4.49. The van der Waals surface area contributed by atoms with E-state index in [1.807, 2.05) is 0 Å². The summed E-state index contributed by atoms with van der Waals surface area (Å²) >= 11 is 0.766. The molecule has 1 aromatic heterocycles. The number of alkyl halides is 3. The third kappa shape index (κ3) is 4.30. The number of ether oxygens (including phenoxy) is 1. The minimum Gasteiger partial charge on any atom is -0.477 e. The Morgan fingerprint density at radius 3 is 2.74 bits per heavy atom. The van der Waals surface area contributed by atoms with Gasteiger partial charge in [0.25, 0.3) is 5.91 Å². The summed E-state index contributed by atoms with van der Waals surface area (Å²) in [4.78, 5) is 32.5. The Hall–Kier alpha value is -2.82. The number of benzene rings is 1. The molecule has 2 heterocycles. The second kappa shape index (κ2) is 7.43. The number of carbonyl (C=O) groups is 2. The minimum absolute atomic E-state index is 0.0881. The molecule has 0 fully saturated rings. The molecule has 0 saturated heterocycles. The minimum atomic E-state index is -4.60. The Kier molecular flexibility index (Phi) is 5.22. The summed E-state index contributed by atoms with van der Waals surface area (Å²) in [7, 11) is 0. The molecule has 7 nitrogen and oxygen atoms in total. The van der Waals surface area contributed by atoms with Crippen LogP contribution >= 0.6 is 11.8 Å². The number of hydrogen-bond acceptors (Lipinski definition) is 6. The maximum atomic E-state index is 12.7. The average Bonchev–Trinajstić information content (AvgIpc) is 2.64. The predicted octanol–water partition coefficient (Wildman–Crippen LogP) is 1.87. The summed E-state index contributed by atoms with van der Waals surface area (Å²) in [5.41, 5.74) is 4.64. The first-order chi connectivity index (χ1) is 12.8. The van der Waals surface area contributed by atoms with Crippen LogP contribution in [0.25, 0.3) is 0 Å². The zero-order valence-corrected chi connectivity index (χ0v) is 14.5. The van der Waals surface area contributed by atoms with Crippen molar-refractivity contribution in [3.8, 4) is 5.75 Å². The third-order valence-electron chi connectivity index (χ3n) is 3.64. The molecule has 0 aliphatic carbocycles. The molecule has 1 aromatic carbocycles. The van der Waals surface area contributed by atoms with Crippen LogP contribution in [0.15, 0.2) is 41.7 Å². The van der Waals surface area contributed by atoms with Crippen LogP contribution in [0.1, 0.15) is 5.69 Å². The van der Waals surface area contributed by atoms with Gasteiger partial charge < -0.3 is 15.4 Å².